The molecular weight excluding hydrogens is 222 g/mol. The topological polar surface area (TPSA) is 33.0 Å². The molecule has 0 bridgehead atoms. The number of halogens is 1. The summed E-state index contributed by atoms with van der Waals surface area (Å²) in [6.07, 6.45) is 0. The Morgan fingerprint density at radius 1 is 1.00 bits per heavy atom. The molecule has 0 amide bonds. The van der Waals surface area contributed by atoms with Gasteiger partial charge in [0.05, 0.1) is 11.6 Å². The zero-order valence-corrected chi connectivity index (χ0v) is 9.11. The molecule has 0 atom stereocenters. The van der Waals surface area contributed by atoms with E-state index in [1.54, 1.807) is 36.4 Å². The van der Waals surface area contributed by atoms with Crippen molar-refractivity contribution in [3.8, 4) is 17.6 Å². The highest BCUT2D eigenvalue weighted by atomic mass is 35.5. The molecule has 0 spiro atoms. The number of hydrogen-bond donors (Lipinski definition) is 0. The first-order valence-electron chi connectivity index (χ1n) is 4.71. The van der Waals surface area contributed by atoms with Crippen LogP contribution >= 0.6 is 11.6 Å². The van der Waals surface area contributed by atoms with E-state index in [1.165, 1.54) is 0 Å². The van der Waals surface area contributed by atoms with Crippen LogP contribution in [0, 0.1) is 11.3 Å². The second-order valence-corrected chi connectivity index (χ2v) is 3.63. The Morgan fingerprint density at radius 2 is 1.75 bits per heavy atom. The summed E-state index contributed by atoms with van der Waals surface area (Å²) in [6.45, 7) is 0. The summed E-state index contributed by atoms with van der Waals surface area (Å²) >= 11 is 5.84. The average Bonchev–Trinajstić information content (AvgIpc) is 2.30. The highest BCUT2D eigenvalue weighted by molar-refractivity contribution is 6.30. The van der Waals surface area contributed by atoms with Crippen LogP contribution in [0.3, 0.4) is 0 Å². The summed E-state index contributed by atoms with van der Waals surface area (Å²) < 4.78 is 5.56. The predicted octanol–water partition coefficient (Wildman–Crippen LogP) is 4.00. The quantitative estimate of drug-likeness (QED) is 0.780. The van der Waals surface area contributed by atoms with E-state index >= 15 is 0 Å². The van der Waals surface area contributed by atoms with Gasteiger partial charge in [0.25, 0.3) is 0 Å². The maximum Gasteiger partial charge on any atom is 0.128 e. The van der Waals surface area contributed by atoms with Crippen LogP contribution in [0.1, 0.15) is 5.56 Å². The predicted molar refractivity (Wildman–Crippen MR) is 62.7 cm³/mol. The minimum atomic E-state index is 0.610. The third kappa shape index (κ3) is 2.53. The molecule has 0 saturated heterocycles. The van der Waals surface area contributed by atoms with Gasteiger partial charge in [-0.1, -0.05) is 17.7 Å². The first-order valence-corrected chi connectivity index (χ1v) is 5.09. The van der Waals surface area contributed by atoms with Gasteiger partial charge in [-0.3, -0.25) is 0 Å². The molecular formula is C13H8ClNO. The lowest BCUT2D eigenvalue weighted by Gasteiger charge is -2.05. The highest BCUT2D eigenvalue weighted by Crippen LogP contribution is 2.24. The second-order valence-electron chi connectivity index (χ2n) is 3.20. The van der Waals surface area contributed by atoms with Crippen LogP contribution in [-0.4, -0.2) is 0 Å². The van der Waals surface area contributed by atoms with E-state index < -0.39 is 0 Å². The number of ether oxygens (including phenoxy) is 1. The molecule has 3 heteroatoms. The molecule has 16 heavy (non-hydrogen) atoms. The van der Waals surface area contributed by atoms with Crippen molar-refractivity contribution in [2.24, 2.45) is 0 Å². The van der Waals surface area contributed by atoms with Gasteiger partial charge in [-0.05, 0) is 42.5 Å². The summed E-state index contributed by atoms with van der Waals surface area (Å²) in [7, 11) is 0. The SMILES string of the molecule is N#Cc1ccc(Oc2cccc(Cl)c2)cc1. The summed E-state index contributed by atoms with van der Waals surface area (Å²) in [5.41, 5.74) is 0.610. The summed E-state index contributed by atoms with van der Waals surface area (Å²) in [6, 6.07) is 16.1. The fourth-order valence-electron chi connectivity index (χ4n) is 1.26. The van der Waals surface area contributed by atoms with Crippen LogP contribution in [0.25, 0.3) is 0 Å². The van der Waals surface area contributed by atoms with Gasteiger partial charge >= 0.3 is 0 Å². The smallest absolute Gasteiger partial charge is 0.128 e. The van der Waals surface area contributed by atoms with Crippen LogP contribution in [0.4, 0.5) is 0 Å². The van der Waals surface area contributed by atoms with Crippen molar-refractivity contribution < 1.29 is 4.74 Å². The largest absolute Gasteiger partial charge is 0.457 e. The zero-order chi connectivity index (χ0) is 11.4. The monoisotopic (exact) mass is 229 g/mol. The molecule has 0 unspecified atom stereocenters. The number of hydrogen-bond acceptors (Lipinski definition) is 2. The van der Waals surface area contributed by atoms with Gasteiger partial charge < -0.3 is 4.74 Å². The molecule has 0 N–H and O–H groups in total. The molecule has 0 heterocycles. The van der Waals surface area contributed by atoms with Crippen molar-refractivity contribution in [2.75, 3.05) is 0 Å². The van der Waals surface area contributed by atoms with E-state index in [2.05, 4.69) is 6.07 Å². The number of rotatable bonds is 2. The molecule has 2 nitrogen and oxygen atoms in total. The Morgan fingerprint density at radius 3 is 2.38 bits per heavy atom. The lowest BCUT2D eigenvalue weighted by atomic mass is 10.2. The van der Waals surface area contributed by atoms with Gasteiger partial charge in [0.2, 0.25) is 0 Å². The van der Waals surface area contributed by atoms with Crippen LogP contribution in [0.15, 0.2) is 48.5 Å². The number of benzene rings is 2. The van der Waals surface area contributed by atoms with Gasteiger partial charge in [-0.2, -0.15) is 5.26 Å². The maximum atomic E-state index is 8.65. The minimum Gasteiger partial charge on any atom is -0.457 e. The van der Waals surface area contributed by atoms with E-state index in [9.17, 15) is 0 Å². The van der Waals surface area contributed by atoms with Gasteiger partial charge in [0.15, 0.2) is 0 Å². The summed E-state index contributed by atoms with van der Waals surface area (Å²) in [4.78, 5) is 0. The molecule has 0 aromatic heterocycles. The third-order valence-electron chi connectivity index (χ3n) is 2.02. The van der Waals surface area contributed by atoms with Crippen LogP contribution in [0.2, 0.25) is 5.02 Å². The van der Waals surface area contributed by atoms with Crippen LogP contribution in [-0.2, 0) is 0 Å². The molecule has 2 rings (SSSR count). The van der Waals surface area contributed by atoms with E-state index in [-0.39, 0.29) is 0 Å². The lowest BCUT2D eigenvalue weighted by Crippen LogP contribution is -1.83. The zero-order valence-electron chi connectivity index (χ0n) is 8.35. The lowest BCUT2D eigenvalue weighted by molar-refractivity contribution is 0.482. The van der Waals surface area contributed by atoms with Crippen LogP contribution < -0.4 is 4.74 Å². The van der Waals surface area contributed by atoms with Gasteiger partial charge in [-0.15, -0.1) is 0 Å². The van der Waals surface area contributed by atoms with Crippen molar-refractivity contribution >= 4 is 11.6 Å². The number of nitrogens with zero attached hydrogens (tertiary/aromatic N) is 1. The molecule has 0 fully saturated rings. The molecule has 0 aliphatic rings. The molecule has 2 aromatic rings. The van der Waals surface area contributed by atoms with Gasteiger partial charge in [0.1, 0.15) is 11.5 Å². The van der Waals surface area contributed by atoms with Crippen molar-refractivity contribution in [1.29, 1.82) is 5.26 Å². The molecule has 0 aliphatic carbocycles. The van der Waals surface area contributed by atoms with E-state index in [0.717, 1.165) is 0 Å². The van der Waals surface area contributed by atoms with E-state index in [4.69, 9.17) is 21.6 Å². The first kappa shape index (κ1) is 10.5. The van der Waals surface area contributed by atoms with E-state index in [1.807, 2.05) is 12.1 Å². The summed E-state index contributed by atoms with van der Waals surface area (Å²) in [5, 5.41) is 9.28. The standard InChI is InChI=1S/C13H8ClNO/c14-11-2-1-3-13(8-11)16-12-6-4-10(9-15)5-7-12/h1-8H. The van der Waals surface area contributed by atoms with Crippen molar-refractivity contribution in [1.82, 2.24) is 0 Å². The Kier molecular flexibility index (Phi) is 3.09. The molecule has 0 saturated carbocycles. The second kappa shape index (κ2) is 4.69. The van der Waals surface area contributed by atoms with E-state index in [0.29, 0.717) is 22.1 Å². The Balaban J connectivity index is 2.18. The van der Waals surface area contributed by atoms with Crippen molar-refractivity contribution in [3.63, 3.8) is 0 Å². The summed E-state index contributed by atoms with van der Waals surface area (Å²) in [5.74, 6) is 1.36. The number of nitriles is 1. The first-order chi connectivity index (χ1) is 7.78. The molecule has 0 radical (unpaired) electrons. The van der Waals surface area contributed by atoms with Gasteiger partial charge in [0, 0.05) is 5.02 Å². The minimum absolute atomic E-state index is 0.610. The van der Waals surface area contributed by atoms with Crippen molar-refractivity contribution in [2.45, 2.75) is 0 Å². The Labute approximate surface area is 98.7 Å². The fourth-order valence-corrected chi connectivity index (χ4v) is 1.44. The molecule has 78 valence electrons. The third-order valence-corrected chi connectivity index (χ3v) is 2.25. The Hall–Kier alpha value is -1.98. The van der Waals surface area contributed by atoms with Crippen LogP contribution in [0.5, 0.6) is 11.5 Å². The average molecular weight is 230 g/mol. The fraction of sp³-hybridized carbons (Fsp3) is 0. The van der Waals surface area contributed by atoms with Crippen molar-refractivity contribution in [3.05, 3.63) is 59.1 Å². The van der Waals surface area contributed by atoms with Gasteiger partial charge in [-0.25, -0.2) is 0 Å². The highest BCUT2D eigenvalue weighted by Gasteiger charge is 1.98. The Bertz CT molecular complexity index is 528. The molecule has 2 aromatic carbocycles. The maximum absolute atomic E-state index is 8.65. The molecule has 0 aliphatic heterocycles. The normalized spacial score (nSPS) is 9.50.